The summed E-state index contributed by atoms with van der Waals surface area (Å²) in [5, 5.41) is 7.65. The van der Waals surface area contributed by atoms with Gasteiger partial charge in [-0.25, -0.2) is 20.0 Å². The fraction of sp³-hybridized carbons (Fsp3) is 0.182. The number of anilines is 1. The molecule has 0 saturated heterocycles. The van der Waals surface area contributed by atoms with Crippen LogP contribution in [0.25, 0.3) is 0 Å². The van der Waals surface area contributed by atoms with Gasteiger partial charge in [0.1, 0.15) is 17.3 Å². The lowest BCUT2D eigenvalue weighted by Gasteiger charge is -2.18. The number of ether oxygens (including phenoxy) is 1. The van der Waals surface area contributed by atoms with E-state index in [1.807, 2.05) is 0 Å². The smallest absolute Gasteiger partial charge is 0.460 e. The van der Waals surface area contributed by atoms with Crippen LogP contribution in [0, 0.1) is 5.82 Å². The van der Waals surface area contributed by atoms with Crippen molar-refractivity contribution in [2.45, 2.75) is 6.18 Å². The van der Waals surface area contributed by atoms with E-state index in [4.69, 9.17) is 22.6 Å². The minimum atomic E-state index is -5.50. The molecule has 0 unspecified atom stereocenters. The number of nitrogens with two attached hydrogens (primary N) is 1. The highest BCUT2D eigenvalue weighted by Gasteiger charge is 2.45. The van der Waals surface area contributed by atoms with Gasteiger partial charge >= 0.3 is 23.8 Å². The molecule has 0 heterocycles. The second-order valence-corrected chi connectivity index (χ2v) is 4.33. The summed E-state index contributed by atoms with van der Waals surface area (Å²) in [6.45, 7) is -0.898. The maximum atomic E-state index is 13.7. The SMILES string of the molecule is NN(C(=O)C(=O)C(F)(F)F)c1cc(OCC(=O)O)c(Cl)cc1F. The van der Waals surface area contributed by atoms with E-state index in [9.17, 15) is 31.9 Å². The number of carbonyl (C=O) groups is 3. The van der Waals surface area contributed by atoms with E-state index in [1.165, 1.54) is 0 Å². The van der Waals surface area contributed by atoms with Gasteiger partial charge in [-0.1, -0.05) is 11.6 Å². The van der Waals surface area contributed by atoms with Gasteiger partial charge in [-0.2, -0.15) is 13.2 Å². The first-order valence-corrected chi connectivity index (χ1v) is 5.87. The predicted molar refractivity (Wildman–Crippen MR) is 67.3 cm³/mol. The zero-order valence-corrected chi connectivity index (χ0v) is 11.6. The van der Waals surface area contributed by atoms with Gasteiger partial charge in [-0.15, -0.1) is 0 Å². The molecule has 0 aromatic heterocycles. The molecule has 0 radical (unpaired) electrons. The first kappa shape index (κ1) is 18.6. The number of rotatable bonds is 5. The maximum Gasteiger partial charge on any atom is 0.460 e. The minimum Gasteiger partial charge on any atom is -0.480 e. The highest BCUT2D eigenvalue weighted by Crippen LogP contribution is 2.32. The molecule has 7 nitrogen and oxygen atoms in total. The second-order valence-electron chi connectivity index (χ2n) is 3.92. The first-order chi connectivity index (χ1) is 10.4. The number of carboxylic acids is 1. The Balaban J connectivity index is 3.16. The lowest BCUT2D eigenvalue weighted by molar-refractivity contribution is -0.174. The zero-order chi connectivity index (χ0) is 17.9. The number of nitrogens with zero attached hydrogens (tertiary/aromatic N) is 1. The normalized spacial score (nSPS) is 11.0. The fourth-order valence-electron chi connectivity index (χ4n) is 1.29. The van der Waals surface area contributed by atoms with Crippen LogP contribution < -0.4 is 15.6 Å². The van der Waals surface area contributed by atoms with Crippen LogP contribution in [0.1, 0.15) is 0 Å². The summed E-state index contributed by atoms with van der Waals surface area (Å²) in [5.41, 5.74) is -0.961. The number of amides is 1. The third-order valence-corrected chi connectivity index (χ3v) is 2.58. The summed E-state index contributed by atoms with van der Waals surface area (Å²) < 4.78 is 54.8. The van der Waals surface area contributed by atoms with Crippen LogP contribution in [0.2, 0.25) is 5.02 Å². The van der Waals surface area contributed by atoms with Crippen molar-refractivity contribution in [3.05, 3.63) is 23.0 Å². The highest BCUT2D eigenvalue weighted by atomic mass is 35.5. The first-order valence-electron chi connectivity index (χ1n) is 5.49. The molecule has 0 aliphatic carbocycles. The molecule has 0 aliphatic heterocycles. The van der Waals surface area contributed by atoms with Gasteiger partial charge < -0.3 is 9.84 Å². The van der Waals surface area contributed by atoms with Crippen LogP contribution in [-0.4, -0.2) is 35.5 Å². The Labute approximate surface area is 130 Å². The average molecular weight is 359 g/mol. The standard InChI is InChI=1S/C11H7ClF4N2O5/c12-4-1-5(13)6(2-7(4)23-3-8(19)20)18(17)10(22)9(21)11(14,15)16/h1-2H,3,17H2,(H,19,20). The van der Waals surface area contributed by atoms with Crippen LogP contribution in [0.5, 0.6) is 5.75 Å². The minimum absolute atomic E-state index is 0.380. The van der Waals surface area contributed by atoms with E-state index in [0.717, 1.165) is 0 Å². The van der Waals surface area contributed by atoms with Gasteiger partial charge in [0.2, 0.25) is 0 Å². The Morgan fingerprint density at radius 2 is 1.87 bits per heavy atom. The van der Waals surface area contributed by atoms with E-state index in [-0.39, 0.29) is 5.01 Å². The maximum absolute atomic E-state index is 13.7. The molecular weight excluding hydrogens is 352 g/mol. The summed E-state index contributed by atoms with van der Waals surface area (Å²) in [7, 11) is 0. The van der Waals surface area contributed by atoms with Gasteiger partial charge in [0.25, 0.3) is 0 Å². The molecule has 0 aliphatic rings. The van der Waals surface area contributed by atoms with Gasteiger partial charge in [0.05, 0.1) is 5.02 Å². The molecule has 0 atom stereocenters. The number of carboxylic acid groups (broad SMARTS) is 1. The van der Waals surface area contributed by atoms with E-state index >= 15 is 0 Å². The molecule has 23 heavy (non-hydrogen) atoms. The lowest BCUT2D eigenvalue weighted by Crippen LogP contribution is -2.47. The Hall–Kier alpha value is -2.40. The molecule has 0 saturated carbocycles. The molecule has 1 aromatic carbocycles. The van der Waals surface area contributed by atoms with Gasteiger partial charge in [0.15, 0.2) is 6.61 Å². The van der Waals surface area contributed by atoms with E-state index in [1.54, 1.807) is 0 Å². The molecule has 1 aromatic rings. The fourth-order valence-corrected chi connectivity index (χ4v) is 1.50. The number of Topliss-reactive ketones (excluding diaryl/α,β-unsaturated/α-hetero) is 1. The molecule has 12 heteroatoms. The highest BCUT2D eigenvalue weighted by molar-refractivity contribution is 6.43. The van der Waals surface area contributed by atoms with Crippen LogP contribution in [0.15, 0.2) is 12.1 Å². The number of halogens is 5. The molecule has 3 N–H and O–H groups in total. The third kappa shape index (κ3) is 4.53. The number of benzene rings is 1. The van der Waals surface area contributed by atoms with Gasteiger partial charge in [0, 0.05) is 6.07 Å². The quantitative estimate of drug-likeness (QED) is 0.270. The molecule has 0 spiro atoms. The summed E-state index contributed by atoms with van der Waals surface area (Å²) in [6, 6.07) is 1.11. The number of carbonyl (C=O) groups excluding carboxylic acids is 2. The van der Waals surface area contributed by atoms with E-state index < -0.39 is 52.7 Å². The van der Waals surface area contributed by atoms with Crippen molar-refractivity contribution in [1.29, 1.82) is 0 Å². The Kier molecular flexibility index (Phi) is 5.51. The number of ketones is 1. The number of aliphatic carboxylic acids is 1. The summed E-state index contributed by atoms with van der Waals surface area (Å²) in [4.78, 5) is 32.5. The third-order valence-electron chi connectivity index (χ3n) is 2.28. The van der Waals surface area contributed by atoms with Crippen molar-refractivity contribution in [2.24, 2.45) is 5.84 Å². The summed E-state index contributed by atoms with van der Waals surface area (Å²) in [6.07, 6.45) is -5.50. The molecule has 126 valence electrons. The number of hydrogen-bond donors (Lipinski definition) is 2. The Bertz CT molecular complexity index is 665. The molecule has 0 bridgehead atoms. The van der Waals surface area contributed by atoms with E-state index in [0.29, 0.717) is 12.1 Å². The monoisotopic (exact) mass is 358 g/mol. The Morgan fingerprint density at radius 1 is 1.30 bits per heavy atom. The largest absolute Gasteiger partial charge is 0.480 e. The second kappa shape index (κ2) is 6.79. The number of hydrazine groups is 1. The topological polar surface area (TPSA) is 110 Å². The van der Waals surface area contributed by atoms with Crippen LogP contribution in [-0.2, 0) is 14.4 Å². The van der Waals surface area contributed by atoms with Crippen molar-refractivity contribution >= 4 is 34.9 Å². The van der Waals surface area contributed by atoms with Crippen molar-refractivity contribution in [2.75, 3.05) is 11.6 Å². The van der Waals surface area contributed by atoms with Crippen molar-refractivity contribution in [3.8, 4) is 5.75 Å². The van der Waals surface area contributed by atoms with Crippen molar-refractivity contribution in [1.82, 2.24) is 0 Å². The molecule has 0 fully saturated rings. The lowest BCUT2D eigenvalue weighted by atomic mass is 10.2. The van der Waals surface area contributed by atoms with Crippen molar-refractivity contribution in [3.63, 3.8) is 0 Å². The zero-order valence-electron chi connectivity index (χ0n) is 10.9. The van der Waals surface area contributed by atoms with E-state index in [2.05, 4.69) is 4.74 Å². The van der Waals surface area contributed by atoms with Gasteiger partial charge in [-0.3, -0.25) is 9.59 Å². The Morgan fingerprint density at radius 3 is 2.35 bits per heavy atom. The van der Waals surface area contributed by atoms with Gasteiger partial charge in [-0.05, 0) is 6.07 Å². The average Bonchev–Trinajstić information content (AvgIpc) is 2.42. The summed E-state index contributed by atoms with van der Waals surface area (Å²) >= 11 is 5.56. The van der Waals surface area contributed by atoms with Crippen LogP contribution in [0.4, 0.5) is 23.2 Å². The molecular formula is C11H7ClF4N2O5. The summed E-state index contributed by atoms with van der Waals surface area (Å²) in [5.74, 6) is -3.26. The molecule has 1 amide bonds. The predicted octanol–water partition coefficient (Wildman–Crippen LogP) is 1.28. The van der Waals surface area contributed by atoms with Crippen molar-refractivity contribution < 1.29 is 41.8 Å². The number of hydrogen-bond acceptors (Lipinski definition) is 5. The molecule has 1 rings (SSSR count). The van der Waals surface area contributed by atoms with Crippen LogP contribution >= 0.6 is 11.6 Å². The number of alkyl halides is 3. The van der Waals surface area contributed by atoms with Crippen LogP contribution in [0.3, 0.4) is 0 Å².